The van der Waals surface area contributed by atoms with E-state index in [1.165, 1.54) is 6.42 Å². The molecule has 0 radical (unpaired) electrons. The third-order valence-electron chi connectivity index (χ3n) is 4.12. The molecule has 0 saturated heterocycles. The van der Waals surface area contributed by atoms with Crippen LogP contribution < -0.4 is 0 Å². The summed E-state index contributed by atoms with van der Waals surface area (Å²) in [5.74, 6) is 0.727. The van der Waals surface area contributed by atoms with E-state index in [9.17, 15) is 9.90 Å². The largest absolute Gasteiger partial charge is 0.481 e. The highest BCUT2D eigenvalue weighted by molar-refractivity contribution is 5.76. The van der Waals surface area contributed by atoms with Crippen molar-refractivity contribution in [2.45, 2.75) is 25.7 Å². The number of aryl methyl sites for hydroxylation is 1. The smallest absolute Gasteiger partial charge is 0.310 e. The Hall–Kier alpha value is -1.32. The Morgan fingerprint density at radius 3 is 2.81 bits per heavy atom. The van der Waals surface area contributed by atoms with E-state index in [4.69, 9.17) is 0 Å². The second-order valence-corrected chi connectivity index (χ2v) is 5.41. The molecular formula is C12H16N2O2. The molecule has 1 aromatic rings. The minimum absolute atomic E-state index is 0.526. The maximum absolute atomic E-state index is 11.5. The topological polar surface area (TPSA) is 55.1 Å². The van der Waals surface area contributed by atoms with Gasteiger partial charge >= 0.3 is 5.97 Å². The van der Waals surface area contributed by atoms with E-state index < -0.39 is 11.4 Å². The van der Waals surface area contributed by atoms with Crippen LogP contribution in [0.1, 0.15) is 25.0 Å². The fraction of sp³-hybridized carbons (Fsp3) is 0.667. The quantitative estimate of drug-likeness (QED) is 0.839. The highest BCUT2D eigenvalue weighted by Crippen LogP contribution is 2.60. The van der Waals surface area contributed by atoms with Crippen LogP contribution in [0.5, 0.6) is 0 Å². The lowest BCUT2D eigenvalue weighted by molar-refractivity contribution is -0.149. The average Bonchev–Trinajstić information content (AvgIpc) is 2.65. The van der Waals surface area contributed by atoms with Crippen molar-refractivity contribution in [1.82, 2.24) is 9.78 Å². The van der Waals surface area contributed by atoms with E-state index >= 15 is 0 Å². The van der Waals surface area contributed by atoms with Gasteiger partial charge in [0.15, 0.2) is 0 Å². The maximum atomic E-state index is 11.5. The molecule has 2 atom stereocenters. The van der Waals surface area contributed by atoms with E-state index in [1.807, 2.05) is 19.3 Å². The molecule has 1 N–H and O–H groups in total. The van der Waals surface area contributed by atoms with Crippen molar-refractivity contribution in [1.29, 1.82) is 0 Å². The third-order valence-corrected chi connectivity index (χ3v) is 4.12. The summed E-state index contributed by atoms with van der Waals surface area (Å²) in [5, 5.41) is 13.7. The lowest BCUT2D eigenvalue weighted by Crippen LogP contribution is -2.32. The Balaban J connectivity index is 1.82. The summed E-state index contributed by atoms with van der Waals surface area (Å²) >= 11 is 0. The number of nitrogens with zero attached hydrogens (tertiary/aromatic N) is 2. The van der Waals surface area contributed by atoms with Crippen LogP contribution >= 0.6 is 0 Å². The Bertz CT molecular complexity index is 428. The van der Waals surface area contributed by atoms with E-state index in [1.54, 1.807) is 4.68 Å². The van der Waals surface area contributed by atoms with Gasteiger partial charge in [0.25, 0.3) is 0 Å². The fourth-order valence-corrected chi connectivity index (χ4v) is 3.20. The summed E-state index contributed by atoms with van der Waals surface area (Å²) in [5.41, 5.74) is 0.383. The van der Waals surface area contributed by atoms with Gasteiger partial charge in [-0.3, -0.25) is 9.48 Å². The number of hydrogen-bond acceptors (Lipinski definition) is 2. The van der Waals surface area contributed by atoms with Gasteiger partial charge in [-0.25, -0.2) is 0 Å². The molecule has 0 amide bonds. The van der Waals surface area contributed by atoms with Gasteiger partial charge < -0.3 is 5.11 Å². The number of carboxylic acids is 1. The molecule has 2 aliphatic rings. The normalized spacial score (nSPS) is 36.1. The number of aromatic nitrogens is 2. The molecule has 16 heavy (non-hydrogen) atoms. The molecule has 2 saturated carbocycles. The molecule has 2 aliphatic carbocycles. The SMILES string of the molecule is Cn1ccc(CC2(C(=O)O)CC3CC3C2)n1. The van der Waals surface area contributed by atoms with Crippen LogP contribution in [0.15, 0.2) is 12.3 Å². The lowest BCUT2D eigenvalue weighted by atomic mass is 9.79. The number of aliphatic carboxylic acids is 1. The predicted molar refractivity (Wildman–Crippen MR) is 57.8 cm³/mol. The predicted octanol–water partition coefficient (Wildman–Crippen LogP) is 1.46. The van der Waals surface area contributed by atoms with Gasteiger partial charge in [0.2, 0.25) is 0 Å². The van der Waals surface area contributed by atoms with Gasteiger partial charge in [-0.05, 0) is 37.2 Å². The summed E-state index contributed by atoms with van der Waals surface area (Å²) < 4.78 is 1.74. The summed E-state index contributed by atoms with van der Waals surface area (Å²) in [6.45, 7) is 0. The number of carbonyl (C=O) groups is 1. The van der Waals surface area contributed by atoms with Crippen molar-refractivity contribution in [3.8, 4) is 0 Å². The molecule has 0 bridgehead atoms. The Morgan fingerprint density at radius 2 is 2.31 bits per heavy atom. The van der Waals surface area contributed by atoms with Crippen molar-refractivity contribution >= 4 is 5.97 Å². The van der Waals surface area contributed by atoms with Crippen molar-refractivity contribution in [2.75, 3.05) is 0 Å². The summed E-state index contributed by atoms with van der Waals surface area (Å²) in [7, 11) is 1.86. The first-order chi connectivity index (χ1) is 7.59. The van der Waals surface area contributed by atoms with Crippen LogP contribution in [-0.2, 0) is 18.3 Å². The standard InChI is InChI=1S/C12H16N2O2/c1-14-3-2-10(13-14)7-12(11(15)16)5-8-4-9(8)6-12/h2-3,8-9H,4-7H2,1H3,(H,15,16). The van der Waals surface area contributed by atoms with Crippen LogP contribution in [0.3, 0.4) is 0 Å². The van der Waals surface area contributed by atoms with Crippen LogP contribution in [0.25, 0.3) is 0 Å². The Labute approximate surface area is 94.3 Å². The van der Waals surface area contributed by atoms with Crippen LogP contribution in [-0.4, -0.2) is 20.9 Å². The molecular weight excluding hydrogens is 204 g/mol. The van der Waals surface area contributed by atoms with Gasteiger partial charge in [-0.15, -0.1) is 0 Å². The van der Waals surface area contributed by atoms with Crippen molar-refractivity contribution in [3.63, 3.8) is 0 Å². The second kappa shape index (κ2) is 3.09. The molecule has 4 nitrogen and oxygen atoms in total. The molecule has 3 rings (SSSR count). The van der Waals surface area contributed by atoms with E-state index in [-0.39, 0.29) is 0 Å². The third kappa shape index (κ3) is 1.44. The van der Waals surface area contributed by atoms with Gasteiger partial charge in [-0.2, -0.15) is 5.10 Å². The zero-order valence-corrected chi connectivity index (χ0v) is 9.39. The number of rotatable bonds is 3. The number of hydrogen-bond donors (Lipinski definition) is 1. The molecule has 0 aliphatic heterocycles. The minimum Gasteiger partial charge on any atom is -0.481 e. The maximum Gasteiger partial charge on any atom is 0.310 e. The molecule has 86 valence electrons. The average molecular weight is 220 g/mol. The van der Waals surface area contributed by atoms with Gasteiger partial charge in [-0.1, -0.05) is 0 Å². The van der Waals surface area contributed by atoms with Crippen molar-refractivity contribution < 1.29 is 9.90 Å². The zero-order valence-electron chi connectivity index (χ0n) is 9.39. The van der Waals surface area contributed by atoms with Crippen LogP contribution in [0.2, 0.25) is 0 Å². The van der Waals surface area contributed by atoms with Crippen molar-refractivity contribution in [2.24, 2.45) is 24.3 Å². The molecule has 0 aromatic carbocycles. The van der Waals surface area contributed by atoms with E-state index in [2.05, 4.69) is 5.10 Å². The first-order valence-electron chi connectivity index (χ1n) is 5.81. The molecule has 2 fully saturated rings. The minimum atomic E-state index is -0.634. The summed E-state index contributed by atoms with van der Waals surface area (Å²) in [6, 6.07) is 1.93. The number of carboxylic acid groups (broad SMARTS) is 1. The molecule has 1 heterocycles. The zero-order chi connectivity index (χ0) is 11.3. The first kappa shape index (κ1) is 9.87. The highest BCUT2D eigenvalue weighted by atomic mass is 16.4. The second-order valence-electron chi connectivity index (χ2n) is 5.41. The Kier molecular flexibility index (Phi) is 1.91. The molecule has 2 unspecified atom stereocenters. The highest BCUT2D eigenvalue weighted by Gasteiger charge is 2.57. The molecule has 1 aromatic heterocycles. The van der Waals surface area contributed by atoms with E-state index in [0.717, 1.165) is 18.5 Å². The first-order valence-corrected chi connectivity index (χ1v) is 5.81. The van der Waals surface area contributed by atoms with Crippen LogP contribution in [0, 0.1) is 17.3 Å². The van der Waals surface area contributed by atoms with Gasteiger partial charge in [0, 0.05) is 19.7 Å². The van der Waals surface area contributed by atoms with Gasteiger partial charge in [0.05, 0.1) is 11.1 Å². The summed E-state index contributed by atoms with van der Waals surface area (Å²) in [4.78, 5) is 11.5. The van der Waals surface area contributed by atoms with Gasteiger partial charge in [0.1, 0.15) is 0 Å². The van der Waals surface area contributed by atoms with E-state index in [0.29, 0.717) is 18.3 Å². The summed E-state index contributed by atoms with van der Waals surface area (Å²) in [6.07, 6.45) is 5.42. The van der Waals surface area contributed by atoms with Crippen LogP contribution in [0.4, 0.5) is 0 Å². The molecule has 4 heteroatoms. The molecule has 0 spiro atoms. The Morgan fingerprint density at radius 1 is 1.62 bits per heavy atom. The number of fused-ring (bicyclic) bond motifs is 1. The fourth-order valence-electron chi connectivity index (χ4n) is 3.20. The lowest BCUT2D eigenvalue weighted by Gasteiger charge is -2.24. The van der Waals surface area contributed by atoms with Crippen molar-refractivity contribution in [3.05, 3.63) is 18.0 Å². The monoisotopic (exact) mass is 220 g/mol.